The van der Waals surface area contributed by atoms with Gasteiger partial charge in [-0.1, -0.05) is 0 Å². The fourth-order valence-electron chi connectivity index (χ4n) is 0. The summed E-state index contributed by atoms with van der Waals surface area (Å²) >= 11 is -3.11. The molecule has 0 saturated heterocycles. The summed E-state index contributed by atoms with van der Waals surface area (Å²) in [6.07, 6.45) is -2.33. The molecule has 0 aromatic rings. The average molecular weight is 296 g/mol. The van der Waals surface area contributed by atoms with Crippen molar-refractivity contribution in [1.82, 2.24) is 0 Å². The molecule has 0 aliphatic heterocycles. The van der Waals surface area contributed by atoms with Crippen molar-refractivity contribution in [2.45, 2.75) is 0 Å². The van der Waals surface area contributed by atoms with Crippen molar-refractivity contribution >= 4 is 43.4 Å². The Balaban J connectivity index is -0.0000000383. The van der Waals surface area contributed by atoms with Gasteiger partial charge in [0.1, 0.15) is 0 Å². The molecular weight excluding hydrogens is 296 g/mol. The van der Waals surface area contributed by atoms with Crippen LogP contribution in [-0.2, 0) is 12.3 Å². The molecule has 56 valence electrons. The van der Waals surface area contributed by atoms with Gasteiger partial charge in [0.15, 0.2) is 0 Å². The predicted molar refractivity (Wildman–Crippen MR) is 28.8 cm³/mol. The summed E-state index contributed by atoms with van der Waals surface area (Å²) in [5.74, 6) is 0. The molecular formula is CCl4Na2O3Ti. The Kier molecular flexibility index (Phi) is 28.4. The fraction of sp³-hybridized carbons (Fsp3) is 0. The van der Waals surface area contributed by atoms with E-state index in [1.165, 1.54) is 0 Å². The number of carbonyl (C=O) groups excluding carboxylic acids is 1. The van der Waals surface area contributed by atoms with E-state index in [4.69, 9.17) is 52.2 Å². The summed E-state index contributed by atoms with van der Waals surface area (Å²) in [6, 6.07) is 0. The van der Waals surface area contributed by atoms with Crippen LogP contribution < -0.4 is 69.3 Å². The summed E-state index contributed by atoms with van der Waals surface area (Å²) in [7, 11) is 20.1. The van der Waals surface area contributed by atoms with E-state index in [2.05, 4.69) is 0 Å². The normalized spacial score (nSPS) is 7.64. The minimum atomic E-state index is -3.11. The molecule has 0 aliphatic rings. The minimum absolute atomic E-state index is 0. The quantitative estimate of drug-likeness (QED) is 0.419. The number of carboxylic acid groups (broad SMARTS) is 2. The van der Waals surface area contributed by atoms with Crippen molar-refractivity contribution in [3.05, 3.63) is 0 Å². The van der Waals surface area contributed by atoms with Crippen LogP contribution >= 0.6 is 37.2 Å². The maximum absolute atomic E-state index is 8.33. The van der Waals surface area contributed by atoms with E-state index in [1.54, 1.807) is 0 Å². The predicted octanol–water partition coefficient (Wildman–Crippen LogP) is -5.68. The van der Waals surface area contributed by atoms with Gasteiger partial charge < -0.3 is 15.0 Å². The smallest absolute Gasteiger partial charge is 1.00 e. The first-order valence-corrected chi connectivity index (χ1v) is 9.96. The first kappa shape index (κ1) is 23.7. The summed E-state index contributed by atoms with van der Waals surface area (Å²) in [5.41, 5.74) is 0. The van der Waals surface area contributed by atoms with Crippen LogP contribution in [0.3, 0.4) is 0 Å². The molecule has 0 N–H and O–H groups in total. The number of hydrogen-bond donors (Lipinski definition) is 0. The molecule has 0 atom stereocenters. The maximum Gasteiger partial charge on any atom is 1.00 e. The van der Waals surface area contributed by atoms with Crippen molar-refractivity contribution in [2.75, 3.05) is 0 Å². The number of rotatable bonds is 0. The molecule has 0 rings (SSSR count). The van der Waals surface area contributed by atoms with Gasteiger partial charge in [-0.3, -0.25) is 0 Å². The van der Waals surface area contributed by atoms with Crippen LogP contribution in [0.15, 0.2) is 0 Å². The molecule has 0 radical (unpaired) electrons. The Labute approximate surface area is 127 Å². The van der Waals surface area contributed by atoms with E-state index in [1.807, 2.05) is 0 Å². The van der Waals surface area contributed by atoms with Crippen LogP contribution in [0, 0.1) is 0 Å². The molecule has 0 unspecified atom stereocenters. The van der Waals surface area contributed by atoms with Crippen LogP contribution in [0.1, 0.15) is 0 Å². The molecule has 0 amide bonds. The van der Waals surface area contributed by atoms with E-state index in [9.17, 15) is 0 Å². The van der Waals surface area contributed by atoms with E-state index >= 15 is 0 Å². The zero-order valence-corrected chi connectivity index (χ0v) is 14.3. The minimum Gasteiger partial charge on any atom is 1.00 e. The van der Waals surface area contributed by atoms with Gasteiger partial charge in [0.25, 0.3) is 0 Å². The van der Waals surface area contributed by atoms with Crippen LogP contribution in [0.4, 0.5) is 4.79 Å². The summed E-state index contributed by atoms with van der Waals surface area (Å²) in [5, 5.41) is 16.7. The van der Waals surface area contributed by atoms with Gasteiger partial charge in [-0.25, -0.2) is 0 Å². The zero-order chi connectivity index (χ0) is 8.08. The molecule has 10 heteroatoms. The molecule has 11 heavy (non-hydrogen) atoms. The molecule has 0 spiro atoms. The van der Waals surface area contributed by atoms with Crippen LogP contribution in [0.25, 0.3) is 0 Å². The molecule has 0 fully saturated rings. The van der Waals surface area contributed by atoms with E-state index in [-0.39, 0.29) is 59.1 Å². The maximum atomic E-state index is 8.33. The standard InChI is InChI=1S/CH2O3.4ClH.2Na.Ti/c2-1(3)4;;;;;;;/h(H2,2,3,4);4*1H;;;/q;;;;;2*+1;+4/p-6. The third kappa shape index (κ3) is 165. The van der Waals surface area contributed by atoms with Crippen molar-refractivity contribution < 1.29 is 86.5 Å². The first-order chi connectivity index (χ1) is 3.73. The van der Waals surface area contributed by atoms with Crippen molar-refractivity contribution in [3.8, 4) is 0 Å². The van der Waals surface area contributed by atoms with Crippen molar-refractivity contribution in [2.24, 2.45) is 0 Å². The summed E-state index contributed by atoms with van der Waals surface area (Å²) in [4.78, 5) is 8.33. The van der Waals surface area contributed by atoms with Gasteiger partial charge in [0, 0.05) is 0 Å². The Morgan fingerprint density at radius 3 is 1.00 bits per heavy atom. The SMILES string of the molecule is O=C([O-])[O-].[Cl][Ti]([Cl])([Cl])[Cl].[Na+].[Na+]. The summed E-state index contributed by atoms with van der Waals surface area (Å²) < 4.78 is 0. The van der Waals surface area contributed by atoms with Gasteiger partial charge >= 0.3 is 109 Å². The van der Waals surface area contributed by atoms with Gasteiger partial charge in [-0.15, -0.1) is 0 Å². The Morgan fingerprint density at radius 2 is 1.00 bits per heavy atom. The van der Waals surface area contributed by atoms with Crippen molar-refractivity contribution in [3.63, 3.8) is 0 Å². The second kappa shape index (κ2) is 13.1. The fourth-order valence-corrected chi connectivity index (χ4v) is 0. The van der Waals surface area contributed by atoms with E-state index < -0.39 is 18.5 Å². The molecule has 3 nitrogen and oxygen atoms in total. The van der Waals surface area contributed by atoms with E-state index in [0.29, 0.717) is 0 Å². The third-order valence-corrected chi connectivity index (χ3v) is 0. The second-order valence-corrected chi connectivity index (χ2v) is 16.2. The molecule has 0 aromatic heterocycles. The monoisotopic (exact) mass is 294 g/mol. The van der Waals surface area contributed by atoms with Gasteiger partial charge in [0.2, 0.25) is 0 Å². The third-order valence-electron chi connectivity index (χ3n) is 0. The van der Waals surface area contributed by atoms with E-state index in [0.717, 1.165) is 0 Å². The topological polar surface area (TPSA) is 63.2 Å². The van der Waals surface area contributed by atoms with Crippen LogP contribution in [-0.4, -0.2) is 6.16 Å². The van der Waals surface area contributed by atoms with Gasteiger partial charge in [-0.2, -0.15) is 0 Å². The number of hydrogen-bond acceptors (Lipinski definition) is 3. The molecule has 0 saturated carbocycles. The first-order valence-electron chi connectivity index (χ1n) is 1.37. The molecule has 0 aromatic carbocycles. The van der Waals surface area contributed by atoms with Crippen LogP contribution in [0.5, 0.6) is 0 Å². The average Bonchev–Trinajstić information content (AvgIpc) is 1.19. The van der Waals surface area contributed by atoms with Crippen molar-refractivity contribution in [1.29, 1.82) is 0 Å². The molecule has 0 bridgehead atoms. The molecule has 0 aliphatic carbocycles. The largest absolute Gasteiger partial charge is 1.00 e. The zero-order valence-electron chi connectivity index (χ0n) is 5.74. The number of halogens is 4. The van der Waals surface area contributed by atoms with Gasteiger partial charge in [0.05, 0.1) is 0 Å². The number of carbonyl (C=O) groups is 1. The van der Waals surface area contributed by atoms with Gasteiger partial charge in [-0.05, 0) is 6.16 Å². The van der Waals surface area contributed by atoms with Crippen LogP contribution in [0.2, 0.25) is 0 Å². The second-order valence-electron chi connectivity index (χ2n) is 0.679. The molecule has 0 heterocycles. The Hall–Kier alpha value is 3.14. The summed E-state index contributed by atoms with van der Waals surface area (Å²) in [6.45, 7) is 0. The Bertz CT molecular complexity index is 85.8. The Morgan fingerprint density at radius 1 is 1.00 bits per heavy atom.